The fraction of sp³-hybridized carbons (Fsp3) is 0.875. The molecule has 1 atom stereocenters. The molecule has 0 radical (unpaired) electrons. The predicted molar refractivity (Wildman–Crippen MR) is 48.8 cm³/mol. The molecule has 1 saturated heterocycles. The van der Waals surface area contributed by atoms with E-state index in [-0.39, 0.29) is 0 Å². The first-order chi connectivity index (χ1) is 5.38. The Labute approximate surface area is 72.3 Å². The zero-order valence-electron chi connectivity index (χ0n) is 6.95. The van der Waals surface area contributed by atoms with Gasteiger partial charge in [-0.25, -0.2) is 0 Å². The smallest absolute Gasteiger partial charge is 0.210 e. The minimum absolute atomic E-state index is 0.510. The van der Waals surface area contributed by atoms with E-state index in [9.17, 15) is 4.79 Å². The van der Waals surface area contributed by atoms with E-state index < -0.39 is 0 Å². The van der Waals surface area contributed by atoms with Gasteiger partial charge < -0.3 is 4.90 Å². The first-order valence-corrected chi connectivity index (χ1v) is 5.32. The van der Waals surface area contributed by atoms with Crippen LogP contribution in [-0.4, -0.2) is 35.4 Å². The van der Waals surface area contributed by atoms with Gasteiger partial charge in [-0.1, -0.05) is 13.3 Å². The van der Waals surface area contributed by atoms with Crippen molar-refractivity contribution in [2.45, 2.75) is 25.8 Å². The predicted octanol–water partition coefficient (Wildman–Crippen LogP) is 1.36. The second-order valence-corrected chi connectivity index (χ2v) is 4.01. The van der Waals surface area contributed by atoms with Crippen LogP contribution in [0.3, 0.4) is 0 Å². The van der Waals surface area contributed by atoms with Crippen LogP contribution < -0.4 is 0 Å². The Morgan fingerprint density at radius 3 is 3.18 bits per heavy atom. The van der Waals surface area contributed by atoms with E-state index in [2.05, 4.69) is 6.92 Å². The first kappa shape index (κ1) is 8.91. The van der Waals surface area contributed by atoms with Gasteiger partial charge in [-0.3, -0.25) is 4.79 Å². The summed E-state index contributed by atoms with van der Waals surface area (Å²) in [7, 11) is 0. The van der Waals surface area contributed by atoms with E-state index >= 15 is 0 Å². The SMILES string of the molecule is CCCC1CSCCN1C=O. The summed E-state index contributed by atoms with van der Waals surface area (Å²) in [5, 5.41) is 0. The van der Waals surface area contributed by atoms with Gasteiger partial charge in [0.1, 0.15) is 0 Å². The average molecular weight is 173 g/mol. The van der Waals surface area contributed by atoms with E-state index in [1.54, 1.807) is 0 Å². The Hall–Kier alpha value is -0.180. The van der Waals surface area contributed by atoms with Gasteiger partial charge in [-0.15, -0.1) is 0 Å². The van der Waals surface area contributed by atoms with Crippen molar-refractivity contribution in [3.8, 4) is 0 Å². The average Bonchev–Trinajstić information content (AvgIpc) is 2.06. The van der Waals surface area contributed by atoms with Crippen LogP contribution in [-0.2, 0) is 4.79 Å². The van der Waals surface area contributed by atoms with Crippen LogP contribution in [0.15, 0.2) is 0 Å². The zero-order chi connectivity index (χ0) is 8.10. The molecule has 0 aromatic heterocycles. The minimum Gasteiger partial charge on any atom is -0.341 e. The summed E-state index contributed by atoms with van der Waals surface area (Å²) in [6.45, 7) is 3.11. The monoisotopic (exact) mass is 173 g/mol. The van der Waals surface area contributed by atoms with Crippen molar-refractivity contribution in [1.29, 1.82) is 0 Å². The molecule has 1 fully saturated rings. The number of nitrogens with zero attached hydrogens (tertiary/aromatic N) is 1. The lowest BCUT2D eigenvalue weighted by Crippen LogP contribution is -2.41. The largest absolute Gasteiger partial charge is 0.341 e. The maximum absolute atomic E-state index is 10.6. The molecule has 1 rings (SSSR count). The van der Waals surface area contributed by atoms with Crippen LogP contribution in [0.25, 0.3) is 0 Å². The van der Waals surface area contributed by atoms with Crippen molar-refractivity contribution in [1.82, 2.24) is 4.90 Å². The molecular formula is C8H15NOS. The number of carbonyl (C=O) groups is 1. The molecule has 2 nitrogen and oxygen atoms in total. The normalized spacial score (nSPS) is 25.2. The van der Waals surface area contributed by atoms with Crippen molar-refractivity contribution in [2.24, 2.45) is 0 Å². The quantitative estimate of drug-likeness (QED) is 0.601. The van der Waals surface area contributed by atoms with Crippen LogP contribution >= 0.6 is 11.8 Å². The molecule has 3 heteroatoms. The van der Waals surface area contributed by atoms with Crippen molar-refractivity contribution >= 4 is 18.2 Å². The molecule has 0 aliphatic carbocycles. The van der Waals surface area contributed by atoms with Crippen LogP contribution in [0.4, 0.5) is 0 Å². The van der Waals surface area contributed by atoms with Crippen molar-refractivity contribution < 1.29 is 4.79 Å². The maximum atomic E-state index is 10.6. The summed E-state index contributed by atoms with van der Waals surface area (Å²) in [5.74, 6) is 2.24. The lowest BCUT2D eigenvalue weighted by Gasteiger charge is -2.32. The second-order valence-electron chi connectivity index (χ2n) is 2.86. The molecule has 0 spiro atoms. The van der Waals surface area contributed by atoms with Gasteiger partial charge in [0.05, 0.1) is 0 Å². The number of carbonyl (C=O) groups excluding carboxylic acids is 1. The van der Waals surface area contributed by atoms with Crippen molar-refractivity contribution in [3.63, 3.8) is 0 Å². The van der Waals surface area contributed by atoms with Crippen LogP contribution in [0.2, 0.25) is 0 Å². The third-order valence-electron chi connectivity index (χ3n) is 2.03. The standard InChI is InChI=1S/C8H15NOS/c1-2-3-8-6-11-5-4-9(8)7-10/h7-8H,2-6H2,1H3. The zero-order valence-corrected chi connectivity index (χ0v) is 7.77. The van der Waals surface area contributed by atoms with Gasteiger partial charge in [0.2, 0.25) is 6.41 Å². The van der Waals surface area contributed by atoms with Crippen LogP contribution in [0, 0.1) is 0 Å². The molecule has 0 aromatic rings. The molecule has 1 aliphatic heterocycles. The number of hydrogen-bond acceptors (Lipinski definition) is 2. The van der Waals surface area contributed by atoms with Gasteiger partial charge in [-0.05, 0) is 6.42 Å². The molecule has 0 N–H and O–H groups in total. The molecule has 0 bridgehead atoms. The van der Waals surface area contributed by atoms with Crippen molar-refractivity contribution in [2.75, 3.05) is 18.1 Å². The summed E-state index contributed by atoms with van der Waals surface area (Å²) in [4.78, 5) is 12.5. The highest BCUT2D eigenvalue weighted by Gasteiger charge is 2.19. The van der Waals surface area contributed by atoms with Crippen molar-refractivity contribution in [3.05, 3.63) is 0 Å². The van der Waals surface area contributed by atoms with E-state index in [1.807, 2.05) is 16.7 Å². The van der Waals surface area contributed by atoms with E-state index in [4.69, 9.17) is 0 Å². The molecule has 1 unspecified atom stereocenters. The van der Waals surface area contributed by atoms with Crippen LogP contribution in [0.5, 0.6) is 0 Å². The first-order valence-electron chi connectivity index (χ1n) is 4.17. The van der Waals surface area contributed by atoms with Crippen LogP contribution in [0.1, 0.15) is 19.8 Å². The number of thioether (sulfide) groups is 1. The highest BCUT2D eigenvalue weighted by Crippen LogP contribution is 2.18. The van der Waals surface area contributed by atoms with Gasteiger partial charge in [0, 0.05) is 24.1 Å². The number of hydrogen-bond donors (Lipinski definition) is 0. The lowest BCUT2D eigenvalue weighted by molar-refractivity contribution is -0.119. The lowest BCUT2D eigenvalue weighted by atomic mass is 10.2. The highest BCUT2D eigenvalue weighted by molar-refractivity contribution is 7.99. The summed E-state index contributed by atoms with van der Waals surface area (Å²) in [6.07, 6.45) is 3.33. The Morgan fingerprint density at radius 1 is 1.73 bits per heavy atom. The molecule has 1 amide bonds. The second kappa shape index (κ2) is 4.65. The number of rotatable bonds is 3. The fourth-order valence-corrected chi connectivity index (χ4v) is 2.53. The minimum atomic E-state index is 0.510. The molecule has 1 aliphatic rings. The summed E-state index contributed by atoms with van der Waals surface area (Å²) >= 11 is 1.96. The molecule has 64 valence electrons. The molecule has 0 saturated carbocycles. The Bertz CT molecular complexity index is 127. The molecule has 0 aromatic carbocycles. The summed E-state index contributed by atoms with van der Waals surface area (Å²) < 4.78 is 0. The van der Waals surface area contributed by atoms with Gasteiger partial charge in [-0.2, -0.15) is 11.8 Å². The number of amides is 1. The fourth-order valence-electron chi connectivity index (χ4n) is 1.39. The Kier molecular flexibility index (Phi) is 3.77. The van der Waals surface area contributed by atoms with Gasteiger partial charge in [0.25, 0.3) is 0 Å². The van der Waals surface area contributed by atoms with E-state index in [1.165, 1.54) is 6.42 Å². The molecule has 1 heterocycles. The Balaban J connectivity index is 2.37. The molecule has 11 heavy (non-hydrogen) atoms. The van der Waals surface area contributed by atoms with E-state index in [0.717, 1.165) is 30.9 Å². The third-order valence-corrected chi connectivity index (χ3v) is 3.12. The third kappa shape index (κ3) is 2.40. The summed E-state index contributed by atoms with van der Waals surface area (Å²) in [5.41, 5.74) is 0. The molecular weight excluding hydrogens is 158 g/mol. The van der Waals surface area contributed by atoms with E-state index in [0.29, 0.717) is 6.04 Å². The topological polar surface area (TPSA) is 20.3 Å². The highest BCUT2D eigenvalue weighted by atomic mass is 32.2. The van der Waals surface area contributed by atoms with Gasteiger partial charge in [0.15, 0.2) is 0 Å². The van der Waals surface area contributed by atoms with Gasteiger partial charge >= 0.3 is 0 Å². The maximum Gasteiger partial charge on any atom is 0.210 e. The summed E-state index contributed by atoms with van der Waals surface area (Å²) in [6, 6.07) is 0.510. The Morgan fingerprint density at radius 2 is 2.55 bits per heavy atom.